The van der Waals surface area contributed by atoms with E-state index >= 15 is 0 Å². The molecule has 5 nitrogen and oxygen atoms in total. The van der Waals surface area contributed by atoms with Gasteiger partial charge >= 0.3 is 0 Å². The lowest BCUT2D eigenvalue weighted by molar-refractivity contribution is -0.122. The Balaban J connectivity index is 1.27. The van der Waals surface area contributed by atoms with Crippen LogP contribution in [0.3, 0.4) is 0 Å². The molecule has 2 N–H and O–H groups in total. The quantitative estimate of drug-likeness (QED) is 0.688. The number of benzene rings is 2. The van der Waals surface area contributed by atoms with Crippen molar-refractivity contribution in [3.8, 4) is 5.75 Å². The average Bonchev–Trinajstić information content (AvgIpc) is 3.32. The van der Waals surface area contributed by atoms with Crippen LogP contribution in [0, 0.1) is 5.92 Å². The molecular weight excluding hydrogens is 326 g/mol. The third-order valence-corrected chi connectivity index (χ3v) is 4.67. The van der Waals surface area contributed by atoms with Crippen molar-refractivity contribution < 1.29 is 9.53 Å². The standard InChI is InChI=1S/C21H21N3O2/c25-21(24-13-20-22-10-11-23-20)19-12-18(19)16-6-8-17(9-7-16)26-14-15-4-2-1-3-5-15/h1-11,18-19H,12-14H2,(H,22,23)(H,24,25)/t18-,19-/m0/s1. The van der Waals surface area contributed by atoms with Gasteiger partial charge in [-0.05, 0) is 35.6 Å². The average molecular weight is 347 g/mol. The molecule has 2 aromatic carbocycles. The number of carbonyl (C=O) groups is 1. The predicted octanol–water partition coefficient (Wildman–Crippen LogP) is 3.41. The number of H-pyrrole nitrogens is 1. The van der Waals surface area contributed by atoms with E-state index in [1.54, 1.807) is 12.4 Å². The molecule has 1 saturated carbocycles. The molecule has 4 rings (SSSR count). The Bertz CT molecular complexity index is 845. The number of rotatable bonds is 7. The third-order valence-electron chi connectivity index (χ3n) is 4.67. The van der Waals surface area contributed by atoms with Gasteiger partial charge in [-0.3, -0.25) is 4.79 Å². The van der Waals surface area contributed by atoms with Crippen LogP contribution in [0.25, 0.3) is 0 Å². The third kappa shape index (κ3) is 3.94. The normalized spacial score (nSPS) is 18.3. The Morgan fingerprint density at radius 1 is 1.15 bits per heavy atom. The summed E-state index contributed by atoms with van der Waals surface area (Å²) in [5.74, 6) is 2.07. The first-order chi connectivity index (χ1) is 12.8. The summed E-state index contributed by atoms with van der Waals surface area (Å²) in [5, 5.41) is 2.94. The highest BCUT2D eigenvalue weighted by Crippen LogP contribution is 2.47. The van der Waals surface area contributed by atoms with Gasteiger partial charge in [-0.25, -0.2) is 4.98 Å². The molecule has 0 spiro atoms. The maximum Gasteiger partial charge on any atom is 0.224 e. The molecule has 0 bridgehead atoms. The molecule has 0 saturated heterocycles. The second kappa shape index (κ2) is 7.44. The van der Waals surface area contributed by atoms with Crippen molar-refractivity contribution in [1.29, 1.82) is 0 Å². The molecular formula is C21H21N3O2. The van der Waals surface area contributed by atoms with Crippen molar-refractivity contribution in [3.63, 3.8) is 0 Å². The van der Waals surface area contributed by atoms with E-state index in [1.807, 2.05) is 42.5 Å². The molecule has 2 atom stereocenters. The molecule has 3 aromatic rings. The van der Waals surface area contributed by atoms with Gasteiger partial charge in [-0.15, -0.1) is 0 Å². The first-order valence-corrected chi connectivity index (χ1v) is 8.82. The van der Waals surface area contributed by atoms with E-state index in [4.69, 9.17) is 4.74 Å². The van der Waals surface area contributed by atoms with E-state index in [0.717, 1.165) is 23.6 Å². The molecule has 0 aliphatic heterocycles. The highest BCUT2D eigenvalue weighted by Gasteiger charge is 2.43. The Labute approximate surface area is 152 Å². The minimum Gasteiger partial charge on any atom is -0.489 e. The van der Waals surface area contributed by atoms with Crippen molar-refractivity contribution in [3.05, 3.63) is 83.9 Å². The summed E-state index contributed by atoms with van der Waals surface area (Å²) >= 11 is 0. The van der Waals surface area contributed by atoms with Crippen molar-refractivity contribution in [1.82, 2.24) is 15.3 Å². The molecule has 0 radical (unpaired) electrons. The van der Waals surface area contributed by atoms with Gasteiger partial charge in [0.25, 0.3) is 0 Å². The van der Waals surface area contributed by atoms with Gasteiger partial charge in [-0.2, -0.15) is 0 Å². The zero-order chi connectivity index (χ0) is 17.8. The lowest BCUT2D eigenvalue weighted by Gasteiger charge is -2.07. The molecule has 1 aliphatic rings. The van der Waals surface area contributed by atoms with E-state index < -0.39 is 0 Å². The van der Waals surface area contributed by atoms with E-state index in [2.05, 4.69) is 27.4 Å². The molecule has 1 fully saturated rings. The summed E-state index contributed by atoms with van der Waals surface area (Å²) in [6, 6.07) is 18.2. The summed E-state index contributed by atoms with van der Waals surface area (Å²) in [7, 11) is 0. The number of aromatic amines is 1. The molecule has 5 heteroatoms. The summed E-state index contributed by atoms with van der Waals surface area (Å²) in [6.45, 7) is 1.00. The topological polar surface area (TPSA) is 67.0 Å². The van der Waals surface area contributed by atoms with Crippen LogP contribution in [-0.2, 0) is 17.9 Å². The second-order valence-corrected chi connectivity index (χ2v) is 6.55. The molecule has 26 heavy (non-hydrogen) atoms. The van der Waals surface area contributed by atoms with Gasteiger partial charge in [0.2, 0.25) is 5.91 Å². The van der Waals surface area contributed by atoms with Crippen LogP contribution in [0.5, 0.6) is 5.75 Å². The predicted molar refractivity (Wildman–Crippen MR) is 98.5 cm³/mol. The van der Waals surface area contributed by atoms with Gasteiger partial charge in [0.05, 0.1) is 6.54 Å². The number of nitrogens with zero attached hydrogens (tertiary/aromatic N) is 1. The number of carbonyl (C=O) groups excluding carboxylic acids is 1. The molecule has 1 aromatic heterocycles. The maximum atomic E-state index is 12.2. The number of hydrogen-bond donors (Lipinski definition) is 2. The summed E-state index contributed by atoms with van der Waals surface area (Å²) in [5.41, 5.74) is 2.34. The molecule has 1 heterocycles. The van der Waals surface area contributed by atoms with Gasteiger partial charge in [0.1, 0.15) is 18.2 Å². The monoisotopic (exact) mass is 347 g/mol. The van der Waals surface area contributed by atoms with E-state index in [1.165, 1.54) is 5.56 Å². The van der Waals surface area contributed by atoms with Gasteiger partial charge in [0.15, 0.2) is 0 Å². The highest BCUT2D eigenvalue weighted by molar-refractivity contribution is 5.82. The minimum atomic E-state index is 0.0565. The van der Waals surface area contributed by atoms with Crippen molar-refractivity contribution in [2.45, 2.75) is 25.5 Å². The zero-order valence-corrected chi connectivity index (χ0v) is 14.4. The van der Waals surface area contributed by atoms with E-state index in [0.29, 0.717) is 19.1 Å². The first-order valence-electron chi connectivity index (χ1n) is 8.82. The van der Waals surface area contributed by atoms with Crippen molar-refractivity contribution in [2.75, 3.05) is 0 Å². The molecule has 132 valence electrons. The van der Waals surface area contributed by atoms with Crippen LogP contribution in [0.4, 0.5) is 0 Å². The smallest absolute Gasteiger partial charge is 0.224 e. The summed E-state index contributed by atoms with van der Waals surface area (Å²) in [6.07, 6.45) is 4.33. The van der Waals surface area contributed by atoms with Crippen LogP contribution in [0.2, 0.25) is 0 Å². The fourth-order valence-corrected chi connectivity index (χ4v) is 3.10. The van der Waals surface area contributed by atoms with Crippen LogP contribution < -0.4 is 10.1 Å². The van der Waals surface area contributed by atoms with E-state index in [-0.39, 0.29) is 11.8 Å². The SMILES string of the molecule is O=C(NCc1ncc[nH]1)[C@H]1C[C@H]1c1ccc(OCc2ccccc2)cc1. The number of hydrogen-bond acceptors (Lipinski definition) is 3. The fourth-order valence-electron chi connectivity index (χ4n) is 3.10. The Hall–Kier alpha value is -3.08. The summed E-state index contributed by atoms with van der Waals surface area (Å²) < 4.78 is 5.81. The lowest BCUT2D eigenvalue weighted by Crippen LogP contribution is -2.25. The number of amides is 1. The molecule has 1 amide bonds. The maximum absolute atomic E-state index is 12.2. The zero-order valence-electron chi connectivity index (χ0n) is 14.4. The number of ether oxygens (including phenoxy) is 1. The van der Waals surface area contributed by atoms with E-state index in [9.17, 15) is 4.79 Å². The Kier molecular flexibility index (Phi) is 4.69. The fraction of sp³-hybridized carbons (Fsp3) is 0.238. The molecule has 1 aliphatic carbocycles. The van der Waals surface area contributed by atoms with Gasteiger partial charge < -0.3 is 15.0 Å². The lowest BCUT2D eigenvalue weighted by atomic mass is 10.1. The molecule has 0 unspecified atom stereocenters. The van der Waals surface area contributed by atoms with Crippen LogP contribution in [0.1, 0.15) is 29.3 Å². The first kappa shape index (κ1) is 16.4. The highest BCUT2D eigenvalue weighted by atomic mass is 16.5. The van der Waals surface area contributed by atoms with Crippen molar-refractivity contribution in [2.24, 2.45) is 5.92 Å². The van der Waals surface area contributed by atoms with Gasteiger partial charge in [-0.1, -0.05) is 42.5 Å². The Morgan fingerprint density at radius 2 is 1.96 bits per heavy atom. The number of nitrogens with one attached hydrogen (secondary N) is 2. The Morgan fingerprint density at radius 3 is 2.69 bits per heavy atom. The summed E-state index contributed by atoms with van der Waals surface area (Å²) in [4.78, 5) is 19.3. The second-order valence-electron chi connectivity index (χ2n) is 6.55. The minimum absolute atomic E-state index is 0.0565. The van der Waals surface area contributed by atoms with Crippen LogP contribution in [-0.4, -0.2) is 15.9 Å². The largest absolute Gasteiger partial charge is 0.489 e. The van der Waals surface area contributed by atoms with Crippen molar-refractivity contribution >= 4 is 5.91 Å². The van der Waals surface area contributed by atoms with Gasteiger partial charge in [0, 0.05) is 18.3 Å². The van der Waals surface area contributed by atoms with Crippen LogP contribution >= 0.6 is 0 Å². The van der Waals surface area contributed by atoms with Crippen LogP contribution in [0.15, 0.2) is 67.0 Å². The number of aromatic nitrogens is 2. The number of imidazole rings is 1.